The monoisotopic (exact) mass is 495 g/mol. The van der Waals surface area contributed by atoms with Crippen LogP contribution in [-0.2, 0) is 16.6 Å². The first-order chi connectivity index (χ1) is 16.2. The number of anilines is 1. The number of hydrogen-bond acceptors (Lipinski definition) is 6. The highest BCUT2D eigenvalue weighted by atomic mass is 32.2. The lowest BCUT2D eigenvalue weighted by Gasteiger charge is -2.26. The molecule has 7 nitrogen and oxygen atoms in total. The number of furan rings is 1. The Morgan fingerprint density at radius 3 is 2.38 bits per heavy atom. The molecular weight excluding hydrogens is 470 g/mol. The van der Waals surface area contributed by atoms with Gasteiger partial charge in [0.2, 0.25) is 10.0 Å². The molecule has 2 aromatic carbocycles. The predicted molar refractivity (Wildman–Crippen MR) is 133 cm³/mol. The van der Waals surface area contributed by atoms with Crippen LogP contribution < -0.4 is 5.32 Å². The second-order valence-corrected chi connectivity index (χ2v) is 10.8. The molecule has 0 aliphatic rings. The van der Waals surface area contributed by atoms with Crippen LogP contribution >= 0.6 is 11.3 Å². The Morgan fingerprint density at radius 2 is 1.76 bits per heavy atom. The molecule has 0 radical (unpaired) electrons. The summed E-state index contributed by atoms with van der Waals surface area (Å²) in [5.41, 5.74) is 1.88. The van der Waals surface area contributed by atoms with Gasteiger partial charge in [-0.1, -0.05) is 30.3 Å². The van der Waals surface area contributed by atoms with Crippen LogP contribution in [0.4, 0.5) is 5.13 Å². The summed E-state index contributed by atoms with van der Waals surface area (Å²) in [6.07, 6.45) is 0. The molecule has 0 atom stereocenters. The Labute approximate surface area is 203 Å². The fourth-order valence-electron chi connectivity index (χ4n) is 3.41. The molecular formula is C25H25N3O4S2. The van der Waals surface area contributed by atoms with Crippen LogP contribution in [-0.4, -0.2) is 29.7 Å². The van der Waals surface area contributed by atoms with Crippen LogP contribution in [0.3, 0.4) is 0 Å². The molecule has 0 unspecified atom stereocenters. The zero-order valence-corrected chi connectivity index (χ0v) is 20.7. The molecule has 0 aliphatic heterocycles. The van der Waals surface area contributed by atoms with Gasteiger partial charge in [-0.2, -0.15) is 4.31 Å². The average molecular weight is 496 g/mol. The lowest BCUT2D eigenvalue weighted by molar-refractivity contribution is 0.102. The van der Waals surface area contributed by atoms with Crippen molar-refractivity contribution in [3.05, 3.63) is 89.0 Å². The zero-order chi connectivity index (χ0) is 24.3. The number of aromatic nitrogens is 1. The molecule has 0 saturated heterocycles. The third-order valence-electron chi connectivity index (χ3n) is 5.20. The van der Waals surface area contributed by atoms with E-state index in [1.807, 2.05) is 63.2 Å². The number of sulfonamides is 1. The van der Waals surface area contributed by atoms with E-state index in [-0.39, 0.29) is 23.4 Å². The van der Waals surface area contributed by atoms with Gasteiger partial charge in [0, 0.05) is 23.5 Å². The van der Waals surface area contributed by atoms with Crippen molar-refractivity contribution < 1.29 is 17.6 Å². The first-order valence-electron chi connectivity index (χ1n) is 10.7. The van der Waals surface area contributed by atoms with Gasteiger partial charge in [-0.15, -0.1) is 11.3 Å². The van der Waals surface area contributed by atoms with E-state index in [0.717, 1.165) is 11.3 Å². The highest BCUT2D eigenvalue weighted by Crippen LogP contribution is 2.27. The van der Waals surface area contributed by atoms with Gasteiger partial charge in [0.15, 0.2) is 10.9 Å². The van der Waals surface area contributed by atoms with E-state index in [1.165, 1.54) is 39.9 Å². The summed E-state index contributed by atoms with van der Waals surface area (Å²) in [7, 11) is -3.74. The molecule has 4 rings (SSSR count). The molecule has 0 spiro atoms. The standard InChI is InChI=1S/C25H25N3O4S2/c1-17(2)28(15-19-7-5-4-6-8-19)34(30,31)21-12-10-20(11-13-21)24(29)27-25-26-22(16-33-25)23-14-9-18(3)32-23/h4-14,16-17H,15H2,1-3H3,(H,26,27,29). The second kappa shape index (κ2) is 9.92. The van der Waals surface area contributed by atoms with E-state index >= 15 is 0 Å². The Balaban J connectivity index is 1.48. The summed E-state index contributed by atoms with van der Waals surface area (Å²) in [6, 6.07) is 18.8. The van der Waals surface area contributed by atoms with Gasteiger partial charge in [0.05, 0.1) is 4.90 Å². The minimum absolute atomic E-state index is 0.137. The van der Waals surface area contributed by atoms with Crippen molar-refractivity contribution >= 4 is 32.4 Å². The number of aryl methyl sites for hydroxylation is 1. The van der Waals surface area contributed by atoms with Gasteiger partial charge in [-0.25, -0.2) is 13.4 Å². The maximum atomic E-state index is 13.3. The van der Waals surface area contributed by atoms with E-state index in [0.29, 0.717) is 22.1 Å². The van der Waals surface area contributed by atoms with Crippen molar-refractivity contribution in [3.63, 3.8) is 0 Å². The Hall–Kier alpha value is -3.27. The summed E-state index contributed by atoms with van der Waals surface area (Å²) < 4.78 is 33.6. The average Bonchev–Trinajstić information content (AvgIpc) is 3.46. The Kier molecular flexibility index (Phi) is 6.97. The minimum atomic E-state index is -3.74. The predicted octanol–water partition coefficient (Wildman–Crippen LogP) is 5.56. The quantitative estimate of drug-likeness (QED) is 0.345. The van der Waals surface area contributed by atoms with Gasteiger partial charge in [0.25, 0.3) is 5.91 Å². The van der Waals surface area contributed by atoms with Crippen LogP contribution in [0.25, 0.3) is 11.5 Å². The second-order valence-electron chi connectivity index (χ2n) is 8.06. The van der Waals surface area contributed by atoms with Gasteiger partial charge in [-0.3, -0.25) is 10.1 Å². The van der Waals surface area contributed by atoms with E-state index in [9.17, 15) is 13.2 Å². The molecule has 9 heteroatoms. The van der Waals surface area contributed by atoms with Crippen LogP contribution in [0.5, 0.6) is 0 Å². The molecule has 0 saturated carbocycles. The van der Waals surface area contributed by atoms with Crippen LogP contribution in [0.15, 0.2) is 81.4 Å². The highest BCUT2D eigenvalue weighted by molar-refractivity contribution is 7.89. The fraction of sp³-hybridized carbons (Fsp3) is 0.200. The van der Waals surface area contributed by atoms with Crippen molar-refractivity contribution in [1.29, 1.82) is 0 Å². The van der Waals surface area contributed by atoms with Crippen molar-refractivity contribution in [2.75, 3.05) is 5.32 Å². The molecule has 0 bridgehead atoms. The Bertz CT molecular complexity index is 1380. The van der Waals surface area contributed by atoms with Gasteiger partial charge in [0.1, 0.15) is 11.5 Å². The van der Waals surface area contributed by atoms with Crippen molar-refractivity contribution in [3.8, 4) is 11.5 Å². The first kappa shape index (κ1) is 23.9. The van der Waals surface area contributed by atoms with Crippen molar-refractivity contribution in [2.24, 2.45) is 0 Å². The van der Waals surface area contributed by atoms with Crippen LogP contribution in [0.1, 0.15) is 35.5 Å². The molecule has 176 valence electrons. The number of carbonyl (C=O) groups is 1. The number of amides is 1. The van der Waals surface area contributed by atoms with E-state index < -0.39 is 10.0 Å². The molecule has 0 fully saturated rings. The minimum Gasteiger partial charge on any atom is -0.460 e. The third-order valence-corrected chi connectivity index (χ3v) is 7.99. The van der Waals surface area contributed by atoms with Crippen LogP contribution in [0, 0.1) is 6.92 Å². The van der Waals surface area contributed by atoms with Gasteiger partial charge in [-0.05, 0) is 62.7 Å². The molecule has 34 heavy (non-hydrogen) atoms. The van der Waals surface area contributed by atoms with Gasteiger partial charge < -0.3 is 4.42 Å². The first-order valence-corrected chi connectivity index (χ1v) is 13.1. The summed E-state index contributed by atoms with van der Waals surface area (Å²) in [5, 5.41) is 4.99. The maximum Gasteiger partial charge on any atom is 0.257 e. The van der Waals surface area contributed by atoms with E-state index in [1.54, 1.807) is 5.38 Å². The lowest BCUT2D eigenvalue weighted by atomic mass is 10.2. The summed E-state index contributed by atoms with van der Waals surface area (Å²) in [4.78, 5) is 17.2. The number of carbonyl (C=O) groups excluding carboxylic acids is 1. The maximum absolute atomic E-state index is 13.3. The zero-order valence-electron chi connectivity index (χ0n) is 19.1. The Morgan fingerprint density at radius 1 is 1.06 bits per heavy atom. The molecule has 2 heterocycles. The van der Waals surface area contributed by atoms with Gasteiger partial charge >= 0.3 is 0 Å². The summed E-state index contributed by atoms with van der Waals surface area (Å²) in [6.45, 7) is 5.80. The number of nitrogens with one attached hydrogen (secondary N) is 1. The normalized spacial score (nSPS) is 11.8. The van der Waals surface area contributed by atoms with E-state index in [2.05, 4.69) is 10.3 Å². The smallest absolute Gasteiger partial charge is 0.257 e. The molecule has 1 amide bonds. The fourth-order valence-corrected chi connectivity index (χ4v) is 5.73. The number of thiazole rings is 1. The van der Waals surface area contributed by atoms with Crippen molar-refractivity contribution in [2.45, 2.75) is 38.3 Å². The SMILES string of the molecule is Cc1ccc(-c2csc(NC(=O)c3ccc(S(=O)(=O)N(Cc4ccccc4)C(C)C)cc3)n2)o1. The number of hydrogen-bond donors (Lipinski definition) is 1. The number of rotatable bonds is 8. The number of nitrogens with zero attached hydrogens (tertiary/aromatic N) is 2. The van der Waals surface area contributed by atoms with Crippen LogP contribution in [0.2, 0.25) is 0 Å². The van der Waals surface area contributed by atoms with Crippen molar-refractivity contribution in [1.82, 2.24) is 9.29 Å². The molecule has 2 aromatic heterocycles. The van der Waals surface area contributed by atoms with E-state index in [4.69, 9.17) is 4.42 Å². The third kappa shape index (κ3) is 5.27. The number of benzene rings is 2. The molecule has 4 aromatic rings. The molecule has 0 aliphatic carbocycles. The largest absolute Gasteiger partial charge is 0.460 e. The summed E-state index contributed by atoms with van der Waals surface area (Å²) >= 11 is 1.29. The summed E-state index contributed by atoms with van der Waals surface area (Å²) in [5.74, 6) is 1.04. The topological polar surface area (TPSA) is 92.5 Å². The highest BCUT2D eigenvalue weighted by Gasteiger charge is 2.27. The molecule has 1 N–H and O–H groups in total. The lowest BCUT2D eigenvalue weighted by Crippen LogP contribution is -2.36.